The number of rotatable bonds is 6. The molecule has 0 aromatic heterocycles. The summed E-state index contributed by atoms with van der Waals surface area (Å²) in [7, 11) is -3.02. The van der Waals surface area contributed by atoms with Gasteiger partial charge in [-0.1, -0.05) is 6.92 Å². The van der Waals surface area contributed by atoms with Gasteiger partial charge in [-0.3, -0.25) is 0 Å². The molecule has 0 aromatic carbocycles. The summed E-state index contributed by atoms with van der Waals surface area (Å²) < 4.78 is 31.2. The molecule has 0 radical (unpaired) electrons. The Balaban J connectivity index is 1.98. The minimum Gasteiger partial charge on any atom is -0.381 e. The molecule has 2 aliphatic rings. The van der Waals surface area contributed by atoms with E-state index in [2.05, 4.69) is 0 Å². The summed E-state index contributed by atoms with van der Waals surface area (Å²) in [5.74, 6) is 0.698. The van der Waals surface area contributed by atoms with Crippen molar-refractivity contribution >= 4 is 10.0 Å². The molecule has 1 heterocycles. The zero-order valence-corrected chi connectivity index (χ0v) is 10.7. The van der Waals surface area contributed by atoms with E-state index in [0.29, 0.717) is 18.9 Å². The van der Waals surface area contributed by atoms with Crippen molar-refractivity contribution in [3.05, 3.63) is 0 Å². The van der Waals surface area contributed by atoms with Crippen LogP contribution in [0.15, 0.2) is 0 Å². The van der Waals surface area contributed by atoms with Gasteiger partial charge in [0, 0.05) is 19.2 Å². The Morgan fingerprint density at radius 2 is 2.06 bits per heavy atom. The summed E-state index contributed by atoms with van der Waals surface area (Å²) in [6.07, 6.45) is 3.78. The second-order valence-corrected chi connectivity index (χ2v) is 6.89. The van der Waals surface area contributed by atoms with Crippen LogP contribution in [-0.2, 0) is 14.8 Å². The standard InChI is InChI=1S/C11H21NO3S/c1-2-7-16(13,14)12(11-3-4-11)8-10-5-6-15-9-10/h10-11H,2-9H2,1H3. The van der Waals surface area contributed by atoms with Crippen molar-refractivity contribution in [2.24, 2.45) is 5.92 Å². The van der Waals surface area contributed by atoms with Gasteiger partial charge in [-0.05, 0) is 31.6 Å². The molecule has 1 aliphatic heterocycles. The minimum atomic E-state index is -3.02. The highest BCUT2D eigenvalue weighted by Crippen LogP contribution is 2.31. The number of nitrogens with zero attached hydrogens (tertiary/aromatic N) is 1. The maximum Gasteiger partial charge on any atom is 0.214 e. The lowest BCUT2D eigenvalue weighted by molar-refractivity contribution is 0.180. The van der Waals surface area contributed by atoms with Crippen LogP contribution in [0.25, 0.3) is 0 Å². The third-order valence-electron chi connectivity index (χ3n) is 3.24. The second-order valence-electron chi connectivity index (χ2n) is 4.85. The number of sulfonamides is 1. The largest absolute Gasteiger partial charge is 0.381 e. The van der Waals surface area contributed by atoms with Gasteiger partial charge in [-0.25, -0.2) is 8.42 Å². The van der Waals surface area contributed by atoms with Crippen molar-refractivity contribution in [3.8, 4) is 0 Å². The first kappa shape index (κ1) is 12.3. The van der Waals surface area contributed by atoms with E-state index in [9.17, 15) is 8.42 Å². The Hall–Kier alpha value is -0.130. The highest BCUT2D eigenvalue weighted by Gasteiger charge is 2.38. The predicted molar refractivity (Wildman–Crippen MR) is 62.7 cm³/mol. The third-order valence-corrected chi connectivity index (χ3v) is 5.32. The maximum absolute atomic E-state index is 12.1. The summed E-state index contributed by atoms with van der Waals surface area (Å²) in [5, 5.41) is 0. The van der Waals surface area contributed by atoms with E-state index in [1.807, 2.05) is 6.92 Å². The van der Waals surface area contributed by atoms with E-state index in [4.69, 9.17) is 4.74 Å². The van der Waals surface area contributed by atoms with Crippen molar-refractivity contribution in [1.82, 2.24) is 4.31 Å². The highest BCUT2D eigenvalue weighted by atomic mass is 32.2. The quantitative estimate of drug-likeness (QED) is 0.709. The molecule has 4 nitrogen and oxygen atoms in total. The van der Waals surface area contributed by atoms with E-state index >= 15 is 0 Å². The fourth-order valence-corrected chi connectivity index (χ4v) is 4.06. The van der Waals surface area contributed by atoms with Gasteiger partial charge >= 0.3 is 0 Å². The summed E-state index contributed by atoms with van der Waals surface area (Å²) in [6, 6.07) is 0.289. The monoisotopic (exact) mass is 247 g/mol. The van der Waals surface area contributed by atoms with Crippen LogP contribution in [0, 0.1) is 5.92 Å². The van der Waals surface area contributed by atoms with Gasteiger partial charge in [-0.2, -0.15) is 4.31 Å². The minimum absolute atomic E-state index is 0.289. The fourth-order valence-electron chi connectivity index (χ4n) is 2.21. The van der Waals surface area contributed by atoms with Crippen LogP contribution in [0.2, 0.25) is 0 Å². The molecule has 0 aromatic rings. The SMILES string of the molecule is CCCS(=O)(=O)N(CC1CCOC1)C1CC1. The van der Waals surface area contributed by atoms with Crippen LogP contribution < -0.4 is 0 Å². The molecule has 2 fully saturated rings. The zero-order chi connectivity index (χ0) is 11.6. The number of hydrogen-bond acceptors (Lipinski definition) is 3. The first-order chi connectivity index (χ1) is 7.63. The molecule has 1 unspecified atom stereocenters. The van der Waals surface area contributed by atoms with Crippen molar-refractivity contribution in [1.29, 1.82) is 0 Å². The molecule has 5 heteroatoms. The molecular formula is C11H21NO3S. The molecule has 0 amide bonds. The summed E-state index contributed by atoms with van der Waals surface area (Å²) >= 11 is 0. The third kappa shape index (κ3) is 2.96. The van der Waals surface area contributed by atoms with Gasteiger partial charge in [-0.15, -0.1) is 0 Å². The lowest BCUT2D eigenvalue weighted by Gasteiger charge is -2.24. The van der Waals surface area contributed by atoms with Crippen molar-refractivity contribution in [2.75, 3.05) is 25.5 Å². The maximum atomic E-state index is 12.1. The van der Waals surface area contributed by atoms with Crippen LogP contribution in [0.5, 0.6) is 0 Å². The van der Waals surface area contributed by atoms with E-state index in [-0.39, 0.29) is 11.8 Å². The highest BCUT2D eigenvalue weighted by molar-refractivity contribution is 7.89. The Labute approximate surface area is 98.0 Å². The molecule has 0 N–H and O–H groups in total. The van der Waals surface area contributed by atoms with Gasteiger partial charge in [0.05, 0.1) is 12.4 Å². The fraction of sp³-hybridized carbons (Fsp3) is 1.00. The predicted octanol–water partition coefficient (Wildman–Crippen LogP) is 1.23. The van der Waals surface area contributed by atoms with E-state index in [1.165, 1.54) is 0 Å². The van der Waals surface area contributed by atoms with Gasteiger partial charge in [0.25, 0.3) is 0 Å². The summed E-state index contributed by atoms with van der Waals surface area (Å²) in [5.41, 5.74) is 0. The summed E-state index contributed by atoms with van der Waals surface area (Å²) in [4.78, 5) is 0. The van der Waals surface area contributed by atoms with E-state index in [1.54, 1.807) is 4.31 Å². The number of ether oxygens (including phenoxy) is 1. The lowest BCUT2D eigenvalue weighted by Crippen LogP contribution is -2.38. The topological polar surface area (TPSA) is 46.6 Å². The molecule has 94 valence electrons. The molecular weight excluding hydrogens is 226 g/mol. The van der Waals surface area contributed by atoms with Gasteiger partial charge in [0.1, 0.15) is 0 Å². The molecule has 0 spiro atoms. The van der Waals surface area contributed by atoms with Crippen LogP contribution in [0.3, 0.4) is 0 Å². The zero-order valence-electron chi connectivity index (χ0n) is 9.89. The van der Waals surface area contributed by atoms with Crippen molar-refractivity contribution < 1.29 is 13.2 Å². The Kier molecular flexibility index (Phi) is 3.87. The first-order valence-corrected chi connectivity index (χ1v) is 7.81. The van der Waals surface area contributed by atoms with Crippen LogP contribution >= 0.6 is 0 Å². The van der Waals surface area contributed by atoms with E-state index < -0.39 is 10.0 Å². The average molecular weight is 247 g/mol. The van der Waals surface area contributed by atoms with Gasteiger partial charge in [0.2, 0.25) is 10.0 Å². The average Bonchev–Trinajstić information content (AvgIpc) is 2.92. The number of hydrogen-bond donors (Lipinski definition) is 0. The first-order valence-electron chi connectivity index (χ1n) is 6.20. The normalized spacial score (nSPS) is 26.5. The second kappa shape index (κ2) is 5.02. The van der Waals surface area contributed by atoms with Gasteiger partial charge < -0.3 is 4.74 Å². The lowest BCUT2D eigenvalue weighted by atomic mass is 10.1. The van der Waals surface area contributed by atoms with E-state index in [0.717, 1.165) is 32.5 Å². The van der Waals surface area contributed by atoms with Crippen molar-refractivity contribution in [2.45, 2.75) is 38.6 Å². The smallest absolute Gasteiger partial charge is 0.214 e. The Morgan fingerprint density at radius 1 is 1.31 bits per heavy atom. The molecule has 1 atom stereocenters. The molecule has 1 saturated carbocycles. The molecule has 16 heavy (non-hydrogen) atoms. The van der Waals surface area contributed by atoms with Gasteiger partial charge in [0.15, 0.2) is 0 Å². The van der Waals surface area contributed by atoms with Crippen LogP contribution in [-0.4, -0.2) is 44.3 Å². The van der Waals surface area contributed by atoms with Crippen LogP contribution in [0.1, 0.15) is 32.6 Å². The molecule has 0 bridgehead atoms. The molecule has 1 aliphatic carbocycles. The molecule has 1 saturated heterocycles. The van der Waals surface area contributed by atoms with Crippen LogP contribution in [0.4, 0.5) is 0 Å². The molecule has 2 rings (SSSR count). The Bertz CT molecular complexity index is 318. The summed E-state index contributed by atoms with van der Waals surface area (Å²) in [6.45, 7) is 4.11. The Morgan fingerprint density at radius 3 is 2.56 bits per heavy atom. The van der Waals surface area contributed by atoms with Crippen molar-refractivity contribution in [3.63, 3.8) is 0 Å².